The number of amidine groups is 1. The highest BCUT2D eigenvalue weighted by molar-refractivity contribution is 8.18. The number of aromatic carboxylic acids is 1. The van der Waals surface area contributed by atoms with Crippen LogP contribution < -0.4 is 0 Å². The zero-order valence-corrected chi connectivity index (χ0v) is 14.8. The smallest absolute Gasteiger partial charge is 0.335 e. The summed E-state index contributed by atoms with van der Waals surface area (Å²) in [7, 11) is 0. The Morgan fingerprint density at radius 1 is 1.35 bits per heavy atom. The third-order valence-electron chi connectivity index (χ3n) is 3.57. The number of rotatable bonds is 5. The number of likely N-dealkylation sites (N-methyl/N-ethyl adjacent to an activating group) is 1. The molecule has 0 unspecified atom stereocenters. The molecule has 2 heterocycles. The quantitative estimate of drug-likeness (QED) is 0.801. The van der Waals surface area contributed by atoms with E-state index in [1.807, 2.05) is 13.0 Å². The molecule has 1 aromatic carbocycles. The van der Waals surface area contributed by atoms with Crippen LogP contribution in [0.5, 0.6) is 0 Å². The van der Waals surface area contributed by atoms with Crippen molar-refractivity contribution in [1.82, 2.24) is 4.90 Å². The van der Waals surface area contributed by atoms with Crippen LogP contribution in [0.25, 0.3) is 6.08 Å². The first kappa shape index (κ1) is 17.8. The molecule has 132 valence electrons. The summed E-state index contributed by atoms with van der Waals surface area (Å²) in [5.41, 5.74) is 0.646. The minimum atomic E-state index is -1.02. The van der Waals surface area contributed by atoms with E-state index in [9.17, 15) is 9.59 Å². The van der Waals surface area contributed by atoms with Crippen LogP contribution in [0.4, 0.5) is 5.69 Å². The molecule has 0 spiro atoms. The number of hydrogen-bond donors (Lipinski definition) is 1. The van der Waals surface area contributed by atoms with Crippen LogP contribution in [0, 0.1) is 0 Å². The molecule has 0 aliphatic carbocycles. The third-order valence-corrected chi connectivity index (χ3v) is 4.60. The fraction of sp³-hybridized carbons (Fsp3) is 0.105. The number of carbonyl (C=O) groups is 2. The lowest BCUT2D eigenvalue weighted by molar-refractivity contribution is -0.122. The number of carboxylic acids is 1. The van der Waals surface area contributed by atoms with E-state index in [0.717, 1.165) is 0 Å². The molecule has 1 fully saturated rings. The SMILES string of the molecule is CCN1C(=O)/C(=C\C=C\c2ccco2)SC1=Nc1cccc(C(=O)O)c1. The van der Waals surface area contributed by atoms with Crippen molar-refractivity contribution in [2.24, 2.45) is 4.99 Å². The number of benzene rings is 1. The zero-order valence-electron chi connectivity index (χ0n) is 14.0. The number of carbonyl (C=O) groups excluding carboxylic acids is 1. The molecule has 6 nitrogen and oxygen atoms in total. The fourth-order valence-corrected chi connectivity index (χ4v) is 3.33. The second kappa shape index (κ2) is 7.88. The van der Waals surface area contributed by atoms with Gasteiger partial charge in [-0.3, -0.25) is 9.69 Å². The number of hydrogen-bond acceptors (Lipinski definition) is 5. The molecule has 0 radical (unpaired) electrons. The molecule has 1 amide bonds. The molecular formula is C19H16N2O4S. The van der Waals surface area contributed by atoms with Gasteiger partial charge in [-0.2, -0.15) is 0 Å². The molecule has 26 heavy (non-hydrogen) atoms. The van der Waals surface area contributed by atoms with Gasteiger partial charge in [-0.05, 0) is 61.2 Å². The Labute approximate surface area is 154 Å². The van der Waals surface area contributed by atoms with Gasteiger partial charge in [0.1, 0.15) is 5.76 Å². The van der Waals surface area contributed by atoms with Crippen molar-refractivity contribution in [3.8, 4) is 0 Å². The van der Waals surface area contributed by atoms with E-state index < -0.39 is 5.97 Å². The van der Waals surface area contributed by atoms with E-state index >= 15 is 0 Å². The predicted octanol–water partition coefficient (Wildman–Crippen LogP) is 4.16. The zero-order chi connectivity index (χ0) is 18.5. The van der Waals surface area contributed by atoms with Crippen LogP contribution in [0.1, 0.15) is 23.0 Å². The van der Waals surface area contributed by atoms with Gasteiger partial charge in [-0.25, -0.2) is 9.79 Å². The lowest BCUT2D eigenvalue weighted by Crippen LogP contribution is -2.28. The topological polar surface area (TPSA) is 83.1 Å². The summed E-state index contributed by atoms with van der Waals surface area (Å²) in [5.74, 6) is -0.447. The van der Waals surface area contributed by atoms with Gasteiger partial charge in [-0.15, -0.1) is 0 Å². The van der Waals surface area contributed by atoms with Crippen LogP contribution in [0.3, 0.4) is 0 Å². The average molecular weight is 368 g/mol. The lowest BCUT2D eigenvalue weighted by Gasteiger charge is -2.12. The predicted molar refractivity (Wildman–Crippen MR) is 101 cm³/mol. The summed E-state index contributed by atoms with van der Waals surface area (Å²) in [4.78, 5) is 30.2. The molecule has 1 aromatic heterocycles. The minimum absolute atomic E-state index is 0.130. The number of aliphatic imine (C=N–C) groups is 1. The van der Waals surface area contributed by atoms with Crippen LogP contribution in [0.2, 0.25) is 0 Å². The van der Waals surface area contributed by atoms with E-state index in [2.05, 4.69) is 4.99 Å². The van der Waals surface area contributed by atoms with Crippen molar-refractivity contribution < 1.29 is 19.1 Å². The Morgan fingerprint density at radius 2 is 2.19 bits per heavy atom. The number of nitrogens with zero attached hydrogens (tertiary/aromatic N) is 2. The molecule has 0 bridgehead atoms. The van der Waals surface area contributed by atoms with E-state index in [-0.39, 0.29) is 11.5 Å². The molecule has 1 aliphatic rings. The standard InChI is InChI=1S/C19H16N2O4S/c1-2-21-17(22)16(10-4-8-15-9-5-11-25-15)26-19(21)20-14-7-3-6-13(12-14)18(23)24/h3-12H,2H2,1H3,(H,23,24)/b8-4+,16-10+,20-19?. The van der Waals surface area contributed by atoms with Crippen molar-refractivity contribution in [1.29, 1.82) is 0 Å². The van der Waals surface area contributed by atoms with E-state index in [0.29, 0.717) is 28.1 Å². The first-order valence-corrected chi connectivity index (χ1v) is 8.73. The number of amides is 1. The Morgan fingerprint density at radius 3 is 2.88 bits per heavy atom. The first-order chi connectivity index (χ1) is 12.6. The van der Waals surface area contributed by atoms with Crippen LogP contribution in [-0.4, -0.2) is 33.6 Å². The normalized spacial score (nSPS) is 17.7. The van der Waals surface area contributed by atoms with Gasteiger partial charge >= 0.3 is 5.97 Å². The molecule has 3 rings (SSSR count). The van der Waals surface area contributed by atoms with Crippen molar-refractivity contribution in [3.63, 3.8) is 0 Å². The van der Waals surface area contributed by atoms with Gasteiger partial charge in [-0.1, -0.05) is 12.1 Å². The third kappa shape index (κ3) is 3.94. The highest BCUT2D eigenvalue weighted by atomic mass is 32.2. The number of carboxylic acid groups (broad SMARTS) is 1. The van der Waals surface area contributed by atoms with E-state index in [4.69, 9.17) is 9.52 Å². The second-order valence-corrected chi connectivity index (χ2v) is 6.32. The van der Waals surface area contributed by atoms with Gasteiger partial charge in [0, 0.05) is 6.54 Å². The Bertz CT molecular complexity index is 913. The Balaban J connectivity index is 1.85. The largest absolute Gasteiger partial charge is 0.478 e. The minimum Gasteiger partial charge on any atom is -0.478 e. The maximum Gasteiger partial charge on any atom is 0.335 e. The monoisotopic (exact) mass is 368 g/mol. The molecule has 0 saturated carbocycles. The average Bonchev–Trinajstić information content (AvgIpc) is 3.24. The summed E-state index contributed by atoms with van der Waals surface area (Å²) in [6.45, 7) is 2.34. The van der Waals surface area contributed by atoms with Gasteiger partial charge in [0.15, 0.2) is 5.17 Å². The number of allylic oxidation sites excluding steroid dienone is 2. The molecule has 1 N–H and O–H groups in total. The second-order valence-electron chi connectivity index (χ2n) is 5.31. The summed E-state index contributed by atoms with van der Waals surface area (Å²) >= 11 is 1.26. The van der Waals surface area contributed by atoms with Crippen LogP contribution in [-0.2, 0) is 4.79 Å². The van der Waals surface area contributed by atoms with Crippen molar-refractivity contribution >= 4 is 40.6 Å². The summed E-state index contributed by atoms with van der Waals surface area (Å²) in [6, 6.07) is 9.92. The van der Waals surface area contributed by atoms with E-state index in [1.54, 1.807) is 47.6 Å². The summed E-state index contributed by atoms with van der Waals surface area (Å²) in [5, 5.41) is 9.61. The highest BCUT2D eigenvalue weighted by Crippen LogP contribution is 2.32. The fourth-order valence-electron chi connectivity index (χ4n) is 2.32. The maximum absolute atomic E-state index is 12.5. The maximum atomic E-state index is 12.5. The number of furan rings is 1. The van der Waals surface area contributed by atoms with Crippen LogP contribution in [0.15, 0.2) is 69.1 Å². The molecule has 1 aliphatic heterocycles. The summed E-state index contributed by atoms with van der Waals surface area (Å²) in [6.07, 6.45) is 6.81. The van der Waals surface area contributed by atoms with Gasteiger partial charge in [0.05, 0.1) is 22.4 Å². The molecule has 7 heteroatoms. The molecule has 2 aromatic rings. The van der Waals surface area contributed by atoms with E-state index in [1.165, 1.54) is 23.9 Å². The van der Waals surface area contributed by atoms with Gasteiger partial charge in [0.2, 0.25) is 0 Å². The lowest BCUT2D eigenvalue weighted by atomic mass is 10.2. The Hall–Kier alpha value is -3.06. The first-order valence-electron chi connectivity index (χ1n) is 7.92. The molecule has 1 saturated heterocycles. The summed E-state index contributed by atoms with van der Waals surface area (Å²) < 4.78 is 5.21. The van der Waals surface area contributed by atoms with Gasteiger partial charge < -0.3 is 9.52 Å². The number of thioether (sulfide) groups is 1. The highest BCUT2D eigenvalue weighted by Gasteiger charge is 2.31. The van der Waals surface area contributed by atoms with Crippen molar-refractivity contribution in [2.45, 2.75) is 6.92 Å². The van der Waals surface area contributed by atoms with Crippen molar-refractivity contribution in [2.75, 3.05) is 6.54 Å². The Kier molecular flexibility index (Phi) is 5.38. The molecular weight excluding hydrogens is 352 g/mol. The van der Waals surface area contributed by atoms with Crippen molar-refractivity contribution in [3.05, 3.63) is 71.0 Å². The van der Waals surface area contributed by atoms with Crippen LogP contribution >= 0.6 is 11.8 Å². The molecule has 0 atom stereocenters. The van der Waals surface area contributed by atoms with Gasteiger partial charge in [0.25, 0.3) is 5.91 Å².